The van der Waals surface area contributed by atoms with Crippen molar-refractivity contribution < 1.29 is 23.9 Å². The van der Waals surface area contributed by atoms with Gasteiger partial charge in [-0.3, -0.25) is 14.6 Å². The number of aromatic nitrogens is 1. The standard InChI is InChI=1S/C27H33N5O5/c1-19(2)15-29-21-12-14-30(16-21)26(35)32-23-9-4-3-8-22(23)31(17-20-7-5-6-13-28-20)18-27(32)36-24(33)10-11-25(34)37-27/h3-9,13,19,21,29H,10-12,14-18H2,1-2H3/t21-/m0/s1. The molecule has 10 nitrogen and oxygen atoms in total. The minimum Gasteiger partial charge on any atom is -0.402 e. The van der Waals surface area contributed by atoms with Crippen LogP contribution >= 0.6 is 0 Å². The Bertz CT molecular complexity index is 1140. The zero-order chi connectivity index (χ0) is 26.0. The normalized spacial score (nSPS) is 21.1. The predicted octanol–water partition coefficient (Wildman–Crippen LogP) is 2.88. The largest absolute Gasteiger partial charge is 0.402 e. The van der Waals surface area contributed by atoms with E-state index in [1.54, 1.807) is 17.2 Å². The number of likely N-dealkylation sites (tertiary alicyclic amines) is 1. The molecule has 0 radical (unpaired) electrons. The fraction of sp³-hybridized carbons (Fsp3) is 0.481. The summed E-state index contributed by atoms with van der Waals surface area (Å²) in [6.45, 7) is 6.55. The number of esters is 2. The summed E-state index contributed by atoms with van der Waals surface area (Å²) in [6, 6.07) is 12.8. The maximum atomic E-state index is 14.1. The first-order chi connectivity index (χ1) is 17.8. The SMILES string of the molecule is CC(C)CN[C@H]1CCN(C(=O)N2c3ccccc3N(Cc3ccccn3)CC23OC(=O)CCC(=O)O3)C1. The molecule has 4 heterocycles. The third-order valence-electron chi connectivity index (χ3n) is 6.82. The van der Waals surface area contributed by atoms with Crippen molar-refractivity contribution in [3.8, 4) is 0 Å². The van der Waals surface area contributed by atoms with E-state index in [4.69, 9.17) is 9.47 Å². The number of benzene rings is 1. The van der Waals surface area contributed by atoms with Gasteiger partial charge in [-0.1, -0.05) is 32.0 Å². The molecule has 3 aliphatic rings. The van der Waals surface area contributed by atoms with Crippen LogP contribution in [0.4, 0.5) is 16.2 Å². The lowest BCUT2D eigenvalue weighted by molar-refractivity contribution is -0.216. The number of nitrogens with one attached hydrogen (secondary N) is 1. The van der Waals surface area contributed by atoms with Gasteiger partial charge >= 0.3 is 23.9 Å². The molecule has 3 aliphatic heterocycles. The highest BCUT2D eigenvalue weighted by Crippen LogP contribution is 2.43. The highest BCUT2D eigenvalue weighted by Gasteiger charge is 2.56. The quantitative estimate of drug-likeness (QED) is 0.616. The average molecular weight is 508 g/mol. The highest BCUT2D eigenvalue weighted by atomic mass is 16.8. The van der Waals surface area contributed by atoms with Gasteiger partial charge in [0.15, 0.2) is 0 Å². The molecule has 2 aromatic rings. The first-order valence-corrected chi connectivity index (χ1v) is 12.8. The number of anilines is 2. The monoisotopic (exact) mass is 507 g/mol. The van der Waals surface area contributed by atoms with Crippen molar-refractivity contribution in [1.29, 1.82) is 0 Å². The van der Waals surface area contributed by atoms with Gasteiger partial charge in [0.2, 0.25) is 0 Å². The Morgan fingerprint density at radius 1 is 1.08 bits per heavy atom. The molecule has 5 rings (SSSR count). The Kier molecular flexibility index (Phi) is 7.01. The minimum atomic E-state index is -1.92. The minimum absolute atomic E-state index is 0.0350. The lowest BCUT2D eigenvalue weighted by atomic mass is 10.1. The molecule has 2 saturated heterocycles. The van der Waals surface area contributed by atoms with E-state index in [1.165, 1.54) is 4.90 Å². The van der Waals surface area contributed by atoms with E-state index in [9.17, 15) is 14.4 Å². The van der Waals surface area contributed by atoms with Crippen LogP contribution < -0.4 is 15.1 Å². The number of amides is 2. The molecule has 0 aliphatic carbocycles. The summed E-state index contributed by atoms with van der Waals surface area (Å²) in [5, 5.41) is 3.52. The molecule has 1 atom stereocenters. The first kappa shape index (κ1) is 25.0. The van der Waals surface area contributed by atoms with Crippen LogP contribution in [0.15, 0.2) is 48.7 Å². The number of hydrogen-bond acceptors (Lipinski definition) is 8. The van der Waals surface area contributed by atoms with Gasteiger partial charge in [0, 0.05) is 25.3 Å². The van der Waals surface area contributed by atoms with Crippen LogP contribution in [0.25, 0.3) is 0 Å². The molecule has 196 valence electrons. The molecule has 1 spiro atoms. The number of nitrogens with zero attached hydrogens (tertiary/aromatic N) is 4. The van der Waals surface area contributed by atoms with Crippen LogP contribution in [0, 0.1) is 5.92 Å². The van der Waals surface area contributed by atoms with Crippen molar-refractivity contribution >= 4 is 29.3 Å². The van der Waals surface area contributed by atoms with Crippen molar-refractivity contribution in [2.24, 2.45) is 5.92 Å². The van der Waals surface area contributed by atoms with Crippen LogP contribution in [-0.2, 0) is 25.6 Å². The predicted molar refractivity (Wildman–Crippen MR) is 137 cm³/mol. The first-order valence-electron chi connectivity index (χ1n) is 12.8. The van der Waals surface area contributed by atoms with E-state index in [1.807, 2.05) is 41.3 Å². The van der Waals surface area contributed by atoms with Gasteiger partial charge in [-0.25, -0.2) is 9.69 Å². The summed E-state index contributed by atoms with van der Waals surface area (Å²) < 4.78 is 11.7. The second-order valence-electron chi connectivity index (χ2n) is 10.2. The molecule has 1 aromatic heterocycles. The molecule has 2 fully saturated rings. The topological polar surface area (TPSA) is 104 Å². The second-order valence-corrected chi connectivity index (χ2v) is 10.2. The van der Waals surface area contributed by atoms with Gasteiger partial charge in [0.1, 0.15) is 6.54 Å². The van der Waals surface area contributed by atoms with E-state index < -0.39 is 17.8 Å². The number of hydrogen-bond donors (Lipinski definition) is 1. The van der Waals surface area contributed by atoms with Crippen LogP contribution in [0.3, 0.4) is 0 Å². The van der Waals surface area contributed by atoms with Gasteiger partial charge < -0.3 is 24.6 Å². The number of urea groups is 1. The van der Waals surface area contributed by atoms with E-state index in [-0.39, 0.29) is 31.5 Å². The van der Waals surface area contributed by atoms with E-state index in [0.717, 1.165) is 24.3 Å². The molecular formula is C27H33N5O5. The van der Waals surface area contributed by atoms with Crippen LogP contribution in [0.5, 0.6) is 0 Å². The second kappa shape index (κ2) is 10.4. The summed E-state index contributed by atoms with van der Waals surface area (Å²) in [5.74, 6) is -2.59. The number of rotatable bonds is 5. The zero-order valence-electron chi connectivity index (χ0n) is 21.3. The number of para-hydroxylation sites is 2. The Hall–Kier alpha value is -3.66. The van der Waals surface area contributed by atoms with Crippen molar-refractivity contribution in [1.82, 2.24) is 15.2 Å². The Morgan fingerprint density at radius 3 is 2.46 bits per heavy atom. The maximum absolute atomic E-state index is 14.1. The molecule has 0 unspecified atom stereocenters. The number of fused-ring (bicyclic) bond motifs is 1. The fourth-order valence-electron chi connectivity index (χ4n) is 5.06. The number of pyridine rings is 1. The smallest absolute Gasteiger partial charge is 0.368 e. The summed E-state index contributed by atoms with van der Waals surface area (Å²) in [5.41, 5.74) is 2.06. The van der Waals surface area contributed by atoms with Crippen molar-refractivity contribution in [3.05, 3.63) is 54.4 Å². The molecule has 37 heavy (non-hydrogen) atoms. The van der Waals surface area contributed by atoms with Crippen molar-refractivity contribution in [2.75, 3.05) is 36.0 Å². The summed E-state index contributed by atoms with van der Waals surface area (Å²) in [6.07, 6.45) is 2.32. The lowest BCUT2D eigenvalue weighted by Crippen LogP contribution is -2.67. The molecule has 0 bridgehead atoms. The van der Waals surface area contributed by atoms with Gasteiger partial charge in [0.25, 0.3) is 0 Å². The molecular weight excluding hydrogens is 474 g/mol. The van der Waals surface area contributed by atoms with E-state index >= 15 is 0 Å². The van der Waals surface area contributed by atoms with E-state index in [0.29, 0.717) is 31.2 Å². The van der Waals surface area contributed by atoms with Crippen LogP contribution in [0.1, 0.15) is 38.8 Å². The third kappa shape index (κ3) is 5.24. The molecule has 0 saturated carbocycles. The molecule has 1 N–H and O–H groups in total. The molecule has 2 amide bonds. The molecule has 10 heteroatoms. The van der Waals surface area contributed by atoms with Gasteiger partial charge in [-0.05, 0) is 43.1 Å². The van der Waals surface area contributed by atoms with E-state index in [2.05, 4.69) is 24.1 Å². The Balaban J connectivity index is 1.52. The van der Waals surface area contributed by atoms with Crippen LogP contribution in [-0.4, -0.2) is 66.0 Å². The van der Waals surface area contributed by atoms with Crippen molar-refractivity contribution in [2.45, 2.75) is 51.6 Å². The Labute approximate surface area is 216 Å². The van der Waals surface area contributed by atoms with Gasteiger partial charge in [-0.2, -0.15) is 0 Å². The third-order valence-corrected chi connectivity index (χ3v) is 6.82. The Morgan fingerprint density at radius 2 is 1.78 bits per heavy atom. The maximum Gasteiger partial charge on any atom is 0.368 e. The summed E-state index contributed by atoms with van der Waals surface area (Å²) in [7, 11) is 0. The number of carbonyl (C=O) groups is 3. The summed E-state index contributed by atoms with van der Waals surface area (Å²) in [4.78, 5) is 49.0. The average Bonchev–Trinajstić information content (AvgIpc) is 3.30. The van der Waals surface area contributed by atoms with Gasteiger partial charge in [0.05, 0.1) is 36.5 Å². The summed E-state index contributed by atoms with van der Waals surface area (Å²) >= 11 is 0. The van der Waals surface area contributed by atoms with Crippen molar-refractivity contribution in [3.63, 3.8) is 0 Å². The zero-order valence-corrected chi connectivity index (χ0v) is 21.3. The lowest BCUT2D eigenvalue weighted by Gasteiger charge is -2.48. The van der Waals surface area contributed by atoms with Gasteiger partial charge in [-0.15, -0.1) is 0 Å². The highest BCUT2D eigenvalue weighted by molar-refractivity contribution is 5.99. The number of carbonyl (C=O) groups excluding carboxylic acids is 3. The fourth-order valence-corrected chi connectivity index (χ4v) is 5.06. The van der Waals surface area contributed by atoms with Crippen LogP contribution in [0.2, 0.25) is 0 Å². The molecule has 1 aromatic carbocycles. The number of ether oxygens (including phenoxy) is 2.